The van der Waals surface area contributed by atoms with Crippen LogP contribution in [0, 0.1) is 0 Å². The van der Waals surface area contributed by atoms with Crippen LogP contribution < -0.4 is 0 Å². The number of aromatic nitrogens is 3. The van der Waals surface area contributed by atoms with Gasteiger partial charge in [0.2, 0.25) is 0 Å². The van der Waals surface area contributed by atoms with Crippen molar-refractivity contribution in [1.82, 2.24) is 14.8 Å². The van der Waals surface area contributed by atoms with E-state index in [-0.39, 0.29) is 5.41 Å². The molecule has 98 valence electrons. The molecule has 0 aliphatic carbocycles. The molecule has 0 bridgehead atoms. The highest BCUT2D eigenvalue weighted by atomic mass is 32.1. The number of aryl methyl sites for hydroxylation is 1. The minimum Gasteiger partial charge on any atom is -0.272 e. The van der Waals surface area contributed by atoms with E-state index in [0.29, 0.717) is 5.92 Å². The van der Waals surface area contributed by atoms with Gasteiger partial charge in [-0.15, -0.1) is 11.3 Å². The van der Waals surface area contributed by atoms with Gasteiger partial charge in [-0.05, 0) is 17.9 Å². The largest absolute Gasteiger partial charge is 0.272 e. The van der Waals surface area contributed by atoms with Gasteiger partial charge in [-0.25, -0.2) is 0 Å². The summed E-state index contributed by atoms with van der Waals surface area (Å²) in [4.78, 5) is 5.51. The maximum Gasteiger partial charge on any atom is 0.0794 e. The lowest BCUT2D eigenvalue weighted by Gasteiger charge is -2.22. The quantitative estimate of drug-likeness (QED) is 0.820. The molecule has 0 aliphatic rings. The summed E-state index contributed by atoms with van der Waals surface area (Å²) in [5.74, 6) is 0.549. The summed E-state index contributed by atoms with van der Waals surface area (Å²) in [7, 11) is 0. The summed E-state index contributed by atoms with van der Waals surface area (Å²) in [6.07, 6.45) is 7.19. The molecule has 0 aromatic carbocycles. The van der Waals surface area contributed by atoms with Crippen LogP contribution >= 0.6 is 11.3 Å². The Bertz CT molecular complexity index is 483. The molecule has 0 unspecified atom stereocenters. The Morgan fingerprint density at radius 1 is 1.33 bits per heavy atom. The van der Waals surface area contributed by atoms with Crippen LogP contribution in [0.1, 0.15) is 50.5 Å². The monoisotopic (exact) mass is 263 g/mol. The molecule has 0 saturated carbocycles. The van der Waals surface area contributed by atoms with Crippen molar-refractivity contribution in [2.75, 3.05) is 0 Å². The fraction of sp³-hybridized carbons (Fsp3) is 0.571. The average molecular weight is 263 g/mol. The summed E-state index contributed by atoms with van der Waals surface area (Å²) < 4.78 is 2.05. The Balaban J connectivity index is 1.98. The first kappa shape index (κ1) is 13.3. The molecule has 0 N–H and O–H groups in total. The predicted octanol–water partition coefficient (Wildman–Crippen LogP) is 3.83. The molecule has 4 heteroatoms. The smallest absolute Gasteiger partial charge is 0.0794 e. The molecule has 3 nitrogen and oxygen atoms in total. The standard InChI is InChI=1S/C14H21N3S/c1-11(2)12-7-16-17(9-12)6-5-14(3,4)13-8-15-10-18-13/h7-11H,5-6H2,1-4H3. The zero-order chi connectivity index (χ0) is 13.2. The number of rotatable bonds is 5. The summed E-state index contributed by atoms with van der Waals surface area (Å²) in [6, 6.07) is 0. The molecule has 18 heavy (non-hydrogen) atoms. The third-order valence-electron chi connectivity index (χ3n) is 3.39. The predicted molar refractivity (Wildman–Crippen MR) is 76.1 cm³/mol. The van der Waals surface area contributed by atoms with Gasteiger partial charge in [-0.3, -0.25) is 9.67 Å². The van der Waals surface area contributed by atoms with E-state index in [1.807, 2.05) is 17.9 Å². The highest BCUT2D eigenvalue weighted by Gasteiger charge is 2.22. The molecule has 0 spiro atoms. The van der Waals surface area contributed by atoms with Crippen LogP contribution in [0.15, 0.2) is 24.1 Å². The van der Waals surface area contributed by atoms with Gasteiger partial charge in [0.05, 0.1) is 11.7 Å². The zero-order valence-corrected chi connectivity index (χ0v) is 12.4. The van der Waals surface area contributed by atoms with Gasteiger partial charge in [-0.1, -0.05) is 27.7 Å². The van der Waals surface area contributed by atoms with Crippen molar-refractivity contribution < 1.29 is 0 Å². The van der Waals surface area contributed by atoms with Crippen molar-refractivity contribution in [3.05, 3.63) is 34.5 Å². The molecule has 0 fully saturated rings. The lowest BCUT2D eigenvalue weighted by Crippen LogP contribution is -2.18. The van der Waals surface area contributed by atoms with E-state index in [4.69, 9.17) is 0 Å². The van der Waals surface area contributed by atoms with Gasteiger partial charge in [0.15, 0.2) is 0 Å². The first-order valence-corrected chi connectivity index (χ1v) is 7.28. The Morgan fingerprint density at radius 2 is 2.11 bits per heavy atom. The molecule has 2 aromatic rings. The fourth-order valence-corrected chi connectivity index (χ4v) is 2.65. The third kappa shape index (κ3) is 2.99. The number of hydrogen-bond acceptors (Lipinski definition) is 3. The molecular formula is C14H21N3S. The van der Waals surface area contributed by atoms with E-state index in [0.717, 1.165) is 13.0 Å². The average Bonchev–Trinajstić information content (AvgIpc) is 2.98. The van der Waals surface area contributed by atoms with Gasteiger partial charge >= 0.3 is 0 Å². The van der Waals surface area contributed by atoms with Crippen LogP contribution in [0.2, 0.25) is 0 Å². The van der Waals surface area contributed by atoms with Gasteiger partial charge < -0.3 is 0 Å². The summed E-state index contributed by atoms with van der Waals surface area (Å²) >= 11 is 1.73. The highest BCUT2D eigenvalue weighted by Crippen LogP contribution is 2.30. The Morgan fingerprint density at radius 3 is 2.67 bits per heavy atom. The Kier molecular flexibility index (Phi) is 3.85. The normalized spacial score (nSPS) is 12.3. The van der Waals surface area contributed by atoms with Crippen molar-refractivity contribution in [2.45, 2.75) is 52.0 Å². The van der Waals surface area contributed by atoms with Crippen LogP contribution in [0.5, 0.6) is 0 Å². The molecule has 2 rings (SSSR count). The van der Waals surface area contributed by atoms with E-state index >= 15 is 0 Å². The molecule has 0 radical (unpaired) electrons. The van der Waals surface area contributed by atoms with Gasteiger partial charge in [0.25, 0.3) is 0 Å². The maximum absolute atomic E-state index is 4.43. The molecule has 0 saturated heterocycles. The van der Waals surface area contributed by atoms with Crippen LogP contribution in [0.3, 0.4) is 0 Å². The van der Waals surface area contributed by atoms with Gasteiger partial charge in [0.1, 0.15) is 0 Å². The van der Waals surface area contributed by atoms with Gasteiger partial charge in [0, 0.05) is 29.2 Å². The lowest BCUT2D eigenvalue weighted by atomic mass is 9.88. The molecule has 0 aliphatic heterocycles. The molecule has 0 atom stereocenters. The van der Waals surface area contributed by atoms with Gasteiger partial charge in [-0.2, -0.15) is 5.10 Å². The van der Waals surface area contributed by atoms with E-state index in [1.165, 1.54) is 10.4 Å². The van der Waals surface area contributed by atoms with Crippen molar-refractivity contribution in [1.29, 1.82) is 0 Å². The third-order valence-corrected chi connectivity index (χ3v) is 4.52. The first-order chi connectivity index (χ1) is 8.49. The second kappa shape index (κ2) is 5.22. The van der Waals surface area contributed by atoms with Crippen molar-refractivity contribution in [3.63, 3.8) is 0 Å². The second-order valence-corrected chi connectivity index (χ2v) is 6.58. The van der Waals surface area contributed by atoms with Crippen LogP contribution in [0.4, 0.5) is 0 Å². The molecule has 2 aromatic heterocycles. The molecule has 2 heterocycles. The first-order valence-electron chi connectivity index (χ1n) is 6.40. The zero-order valence-electron chi connectivity index (χ0n) is 11.6. The van der Waals surface area contributed by atoms with Crippen LogP contribution in [-0.4, -0.2) is 14.8 Å². The van der Waals surface area contributed by atoms with E-state index < -0.39 is 0 Å². The minimum atomic E-state index is 0.172. The van der Waals surface area contributed by atoms with Crippen LogP contribution in [0.25, 0.3) is 0 Å². The summed E-state index contributed by atoms with van der Waals surface area (Å²) in [5.41, 5.74) is 3.39. The molecule has 0 amide bonds. The van der Waals surface area contributed by atoms with E-state index in [2.05, 4.69) is 48.7 Å². The van der Waals surface area contributed by atoms with E-state index in [1.54, 1.807) is 11.3 Å². The Hall–Kier alpha value is -1.16. The number of thiazole rings is 1. The molecular weight excluding hydrogens is 242 g/mol. The maximum atomic E-state index is 4.43. The van der Waals surface area contributed by atoms with Crippen molar-refractivity contribution in [3.8, 4) is 0 Å². The summed E-state index contributed by atoms with van der Waals surface area (Å²) in [5, 5.41) is 4.43. The number of hydrogen-bond donors (Lipinski definition) is 0. The highest BCUT2D eigenvalue weighted by molar-refractivity contribution is 7.09. The Labute approximate surface area is 113 Å². The lowest BCUT2D eigenvalue weighted by molar-refractivity contribution is 0.426. The minimum absolute atomic E-state index is 0.172. The summed E-state index contributed by atoms with van der Waals surface area (Å²) in [6.45, 7) is 9.89. The van der Waals surface area contributed by atoms with Crippen LogP contribution in [-0.2, 0) is 12.0 Å². The topological polar surface area (TPSA) is 30.7 Å². The SMILES string of the molecule is CC(C)c1cnn(CCC(C)(C)c2cncs2)c1. The fourth-order valence-electron chi connectivity index (χ4n) is 1.87. The van der Waals surface area contributed by atoms with Crippen molar-refractivity contribution in [2.24, 2.45) is 0 Å². The van der Waals surface area contributed by atoms with E-state index in [9.17, 15) is 0 Å². The second-order valence-electron chi connectivity index (χ2n) is 5.69. The number of nitrogens with zero attached hydrogens (tertiary/aromatic N) is 3. The van der Waals surface area contributed by atoms with Crippen molar-refractivity contribution >= 4 is 11.3 Å².